The number of alkyl halides is 1. The van der Waals surface area contributed by atoms with Crippen molar-refractivity contribution < 1.29 is 8.78 Å². The van der Waals surface area contributed by atoms with Gasteiger partial charge in [0, 0.05) is 0 Å². The van der Waals surface area contributed by atoms with Crippen molar-refractivity contribution in [1.82, 2.24) is 0 Å². The molecule has 1 unspecified atom stereocenters. The Morgan fingerprint density at radius 2 is 1.80 bits per heavy atom. The largest absolute Gasteiger partial charge is 0.245 e. The SMILES string of the molecule is CCCCCC1CCC(c2ccc(F)cc2)CC1.[B]C(F)C#CC#C. The third-order valence-corrected chi connectivity index (χ3v) is 4.69. The van der Waals surface area contributed by atoms with Crippen LogP contribution in [0, 0.1) is 35.9 Å². The van der Waals surface area contributed by atoms with E-state index in [9.17, 15) is 8.78 Å². The van der Waals surface area contributed by atoms with Crippen LogP contribution in [0.1, 0.15) is 69.8 Å². The average molecular weight is 340 g/mol. The number of benzene rings is 1. The molecule has 1 atom stereocenters. The van der Waals surface area contributed by atoms with Gasteiger partial charge in [0.15, 0.2) is 0 Å². The molecule has 132 valence electrons. The Hall–Kier alpha value is -1.74. The second kappa shape index (κ2) is 12.6. The van der Waals surface area contributed by atoms with Crippen LogP contribution in [0.3, 0.4) is 0 Å². The Balaban J connectivity index is 0.000000381. The van der Waals surface area contributed by atoms with Crippen LogP contribution in [0.2, 0.25) is 0 Å². The van der Waals surface area contributed by atoms with Crippen molar-refractivity contribution in [2.24, 2.45) is 5.92 Å². The summed E-state index contributed by atoms with van der Waals surface area (Å²) in [6, 6.07) is 7.14. The van der Waals surface area contributed by atoms with Crippen LogP contribution in [0.15, 0.2) is 24.3 Å². The first-order chi connectivity index (χ1) is 12.1. The summed E-state index contributed by atoms with van der Waals surface area (Å²) in [4.78, 5) is 0. The fraction of sp³-hybridized carbons (Fsp3) is 0.545. The van der Waals surface area contributed by atoms with E-state index < -0.39 is 6.07 Å². The highest BCUT2D eigenvalue weighted by Gasteiger charge is 2.21. The topological polar surface area (TPSA) is 0 Å². The minimum atomic E-state index is -1.60. The molecular formula is C22H27BF2. The van der Waals surface area contributed by atoms with Crippen LogP contribution in [0.25, 0.3) is 0 Å². The Bertz CT molecular complexity index is 567. The molecule has 3 heteroatoms. The van der Waals surface area contributed by atoms with E-state index in [0.29, 0.717) is 5.92 Å². The monoisotopic (exact) mass is 340 g/mol. The summed E-state index contributed by atoms with van der Waals surface area (Å²) >= 11 is 0. The summed E-state index contributed by atoms with van der Waals surface area (Å²) in [6.45, 7) is 2.27. The minimum absolute atomic E-state index is 0.119. The number of terminal acetylenes is 1. The van der Waals surface area contributed by atoms with Crippen molar-refractivity contribution in [2.75, 3.05) is 0 Å². The van der Waals surface area contributed by atoms with E-state index in [1.165, 1.54) is 56.9 Å². The number of hydrogen-bond donors (Lipinski definition) is 0. The standard InChI is InChI=1S/C17H25F.C5H2BF/c1-2-3-4-5-14-6-8-15(9-7-14)16-10-12-17(18)13-11-16;1-2-3-4-5(6)7/h10-15H,2-9H2,1H3;1,5H. The third-order valence-electron chi connectivity index (χ3n) is 4.69. The van der Waals surface area contributed by atoms with Gasteiger partial charge in [-0.3, -0.25) is 0 Å². The quantitative estimate of drug-likeness (QED) is 0.363. The Labute approximate surface area is 153 Å². The van der Waals surface area contributed by atoms with E-state index in [4.69, 9.17) is 0 Å². The molecule has 0 amide bonds. The molecule has 1 aliphatic carbocycles. The highest BCUT2D eigenvalue weighted by Crippen LogP contribution is 2.37. The zero-order valence-electron chi connectivity index (χ0n) is 15.1. The molecule has 1 aromatic rings. The molecule has 1 aliphatic rings. The molecular weight excluding hydrogens is 313 g/mol. The van der Waals surface area contributed by atoms with Gasteiger partial charge in [-0.1, -0.05) is 50.7 Å². The maximum absolute atomic E-state index is 12.9. The lowest BCUT2D eigenvalue weighted by atomic mass is 9.77. The van der Waals surface area contributed by atoms with Gasteiger partial charge in [-0.15, -0.1) is 6.42 Å². The average Bonchev–Trinajstić information content (AvgIpc) is 2.62. The van der Waals surface area contributed by atoms with Crippen molar-refractivity contribution in [3.63, 3.8) is 0 Å². The zero-order valence-corrected chi connectivity index (χ0v) is 15.1. The zero-order chi connectivity index (χ0) is 18.5. The number of hydrogen-bond acceptors (Lipinski definition) is 0. The van der Waals surface area contributed by atoms with Gasteiger partial charge < -0.3 is 0 Å². The number of rotatable bonds is 5. The summed E-state index contributed by atoms with van der Waals surface area (Å²) in [7, 11) is 4.54. The molecule has 0 N–H and O–H groups in total. The van der Waals surface area contributed by atoms with Crippen LogP contribution in [0.5, 0.6) is 0 Å². The molecule has 0 saturated heterocycles. The number of halogens is 2. The van der Waals surface area contributed by atoms with E-state index in [1.54, 1.807) is 12.1 Å². The predicted octanol–water partition coefficient (Wildman–Crippen LogP) is 5.77. The maximum atomic E-state index is 12.9. The molecule has 1 aromatic carbocycles. The first kappa shape index (κ1) is 21.3. The van der Waals surface area contributed by atoms with Crippen molar-refractivity contribution in [1.29, 1.82) is 0 Å². The van der Waals surface area contributed by atoms with Gasteiger partial charge in [-0.2, -0.15) is 0 Å². The molecule has 2 radical (unpaired) electrons. The molecule has 0 heterocycles. The van der Waals surface area contributed by atoms with Crippen LogP contribution < -0.4 is 0 Å². The van der Waals surface area contributed by atoms with Crippen molar-refractivity contribution in [3.8, 4) is 24.2 Å². The maximum Gasteiger partial charge on any atom is 0.134 e. The molecule has 0 aromatic heterocycles. The fourth-order valence-electron chi connectivity index (χ4n) is 3.31. The summed E-state index contributed by atoms with van der Waals surface area (Å²) in [5, 5.41) is 0. The lowest BCUT2D eigenvalue weighted by Gasteiger charge is -2.28. The number of unbranched alkanes of at least 4 members (excludes halogenated alkanes) is 2. The van der Waals surface area contributed by atoms with Crippen LogP contribution >= 0.6 is 0 Å². The summed E-state index contributed by atoms with van der Waals surface area (Å²) < 4.78 is 24.3. The molecule has 1 saturated carbocycles. The summed E-state index contributed by atoms with van der Waals surface area (Å²) in [5.41, 5.74) is 1.34. The second-order valence-corrected chi connectivity index (χ2v) is 6.58. The van der Waals surface area contributed by atoms with Crippen LogP contribution in [-0.4, -0.2) is 13.9 Å². The normalized spacial score (nSPS) is 20.2. The van der Waals surface area contributed by atoms with Gasteiger partial charge in [-0.25, -0.2) is 8.78 Å². The van der Waals surface area contributed by atoms with Gasteiger partial charge in [0.25, 0.3) is 0 Å². The minimum Gasteiger partial charge on any atom is -0.245 e. The highest BCUT2D eigenvalue weighted by atomic mass is 19.1. The van der Waals surface area contributed by atoms with Gasteiger partial charge in [0.2, 0.25) is 0 Å². The summed E-state index contributed by atoms with van der Waals surface area (Å²) in [6.07, 6.45) is 13.9. The molecule has 0 nitrogen and oxygen atoms in total. The first-order valence-electron chi connectivity index (χ1n) is 9.18. The van der Waals surface area contributed by atoms with E-state index >= 15 is 0 Å². The van der Waals surface area contributed by atoms with E-state index in [0.717, 1.165) is 5.92 Å². The lowest BCUT2D eigenvalue weighted by Crippen LogP contribution is -2.13. The Morgan fingerprint density at radius 3 is 2.28 bits per heavy atom. The van der Waals surface area contributed by atoms with Gasteiger partial charge in [-0.05, 0) is 67.1 Å². The molecule has 0 aliphatic heterocycles. The van der Waals surface area contributed by atoms with Crippen LogP contribution in [-0.2, 0) is 0 Å². The molecule has 0 bridgehead atoms. The molecule has 0 spiro atoms. The Kier molecular flexibility index (Phi) is 10.7. The molecule has 1 fully saturated rings. The predicted molar refractivity (Wildman–Crippen MR) is 103 cm³/mol. The first-order valence-corrected chi connectivity index (χ1v) is 9.18. The van der Waals surface area contributed by atoms with Gasteiger partial charge in [0.1, 0.15) is 19.7 Å². The Morgan fingerprint density at radius 1 is 1.16 bits per heavy atom. The molecule has 25 heavy (non-hydrogen) atoms. The summed E-state index contributed by atoms with van der Waals surface area (Å²) in [5.74, 6) is 7.37. The fourth-order valence-corrected chi connectivity index (χ4v) is 3.31. The lowest BCUT2D eigenvalue weighted by molar-refractivity contribution is 0.302. The van der Waals surface area contributed by atoms with Crippen LogP contribution in [0.4, 0.5) is 8.78 Å². The highest BCUT2D eigenvalue weighted by molar-refractivity contribution is 6.12. The van der Waals surface area contributed by atoms with Gasteiger partial charge in [0.05, 0.1) is 0 Å². The van der Waals surface area contributed by atoms with E-state index in [-0.39, 0.29) is 5.82 Å². The van der Waals surface area contributed by atoms with Crippen molar-refractivity contribution in [2.45, 2.75) is 70.3 Å². The van der Waals surface area contributed by atoms with Crippen molar-refractivity contribution in [3.05, 3.63) is 35.6 Å². The third kappa shape index (κ3) is 9.35. The smallest absolute Gasteiger partial charge is 0.134 e. The van der Waals surface area contributed by atoms with E-state index in [2.05, 4.69) is 21.2 Å². The van der Waals surface area contributed by atoms with Crippen molar-refractivity contribution >= 4 is 7.85 Å². The van der Waals surface area contributed by atoms with E-state index in [1.807, 2.05) is 29.9 Å². The van der Waals surface area contributed by atoms with Gasteiger partial charge >= 0.3 is 0 Å². The molecule has 2 rings (SSSR count). The second-order valence-electron chi connectivity index (χ2n) is 6.58.